The Balaban J connectivity index is 1.26. The quantitative estimate of drug-likeness (QED) is 0.676. The summed E-state index contributed by atoms with van der Waals surface area (Å²) in [6, 6.07) is 12.3. The van der Waals surface area contributed by atoms with E-state index >= 15 is 0 Å². The van der Waals surface area contributed by atoms with Crippen molar-refractivity contribution in [3.8, 4) is 17.2 Å². The first kappa shape index (κ1) is 21.0. The van der Waals surface area contributed by atoms with Crippen LogP contribution in [-0.4, -0.2) is 31.1 Å². The molecule has 2 aliphatic heterocycles. The van der Waals surface area contributed by atoms with E-state index in [0.29, 0.717) is 13.2 Å². The molecule has 0 aliphatic carbocycles. The lowest BCUT2D eigenvalue weighted by Crippen LogP contribution is -2.39. The van der Waals surface area contributed by atoms with Gasteiger partial charge in [-0.05, 0) is 19.9 Å². The summed E-state index contributed by atoms with van der Waals surface area (Å²) in [5, 5.41) is 6.99. The molecule has 0 fully saturated rings. The highest BCUT2D eigenvalue weighted by atomic mass is 16.7. The minimum absolute atomic E-state index is 0.304. The predicted molar refractivity (Wildman–Crippen MR) is 116 cm³/mol. The molecule has 4 rings (SSSR count). The number of hydrogen-bond acceptors (Lipinski definition) is 6. The third kappa shape index (κ3) is 4.89. The highest BCUT2D eigenvalue weighted by molar-refractivity contribution is 5.48. The molecule has 0 atom stereocenters. The molecule has 0 aromatic heterocycles. The van der Waals surface area contributed by atoms with Gasteiger partial charge < -0.3 is 29.6 Å². The molecule has 0 saturated heterocycles. The Kier molecular flexibility index (Phi) is 5.91. The molecule has 0 unspecified atom stereocenters. The summed E-state index contributed by atoms with van der Waals surface area (Å²) in [6.45, 7) is 12.3. The molecular weight excluding hydrogens is 380 g/mol. The predicted octanol–water partition coefficient (Wildman–Crippen LogP) is 3.76. The van der Waals surface area contributed by atoms with Gasteiger partial charge in [-0.15, -0.1) is 0 Å². The molecule has 0 saturated carbocycles. The Morgan fingerprint density at radius 3 is 2.23 bits per heavy atom. The van der Waals surface area contributed by atoms with E-state index in [0.717, 1.165) is 60.1 Å². The van der Waals surface area contributed by atoms with Gasteiger partial charge in [0.1, 0.15) is 18.0 Å². The number of ether oxygens (including phenoxy) is 4. The van der Waals surface area contributed by atoms with Crippen LogP contribution >= 0.6 is 0 Å². The molecular formula is C24H32N2O4. The van der Waals surface area contributed by atoms with E-state index < -0.39 is 5.79 Å². The molecule has 30 heavy (non-hydrogen) atoms. The first-order valence-corrected chi connectivity index (χ1v) is 10.6. The van der Waals surface area contributed by atoms with E-state index in [-0.39, 0.29) is 5.60 Å². The summed E-state index contributed by atoms with van der Waals surface area (Å²) >= 11 is 0. The van der Waals surface area contributed by atoms with Gasteiger partial charge in [-0.2, -0.15) is 0 Å². The fraction of sp³-hybridized carbons (Fsp3) is 0.500. The molecule has 2 N–H and O–H groups in total. The van der Waals surface area contributed by atoms with Gasteiger partial charge in [-0.25, -0.2) is 0 Å². The molecule has 0 bridgehead atoms. The number of fused-ring (bicyclic) bond motifs is 2. The van der Waals surface area contributed by atoms with Gasteiger partial charge in [0.15, 0.2) is 11.5 Å². The van der Waals surface area contributed by atoms with Gasteiger partial charge in [-0.3, -0.25) is 0 Å². The van der Waals surface area contributed by atoms with Crippen LogP contribution in [0.3, 0.4) is 0 Å². The number of rotatable bonds is 7. The maximum Gasteiger partial charge on any atom is 0.205 e. The van der Waals surface area contributed by atoms with E-state index in [1.807, 2.05) is 39.8 Å². The second kappa shape index (κ2) is 8.46. The third-order valence-electron chi connectivity index (χ3n) is 5.22. The summed E-state index contributed by atoms with van der Waals surface area (Å²) in [5.41, 5.74) is 3.08. The average molecular weight is 413 g/mol. The van der Waals surface area contributed by atoms with Gasteiger partial charge >= 0.3 is 0 Å². The Labute approximate surface area is 178 Å². The fourth-order valence-corrected chi connectivity index (χ4v) is 3.66. The summed E-state index contributed by atoms with van der Waals surface area (Å²) in [5.74, 6) is 2.05. The zero-order valence-corrected chi connectivity index (χ0v) is 18.3. The Morgan fingerprint density at radius 2 is 1.50 bits per heavy atom. The molecule has 2 aliphatic rings. The van der Waals surface area contributed by atoms with Gasteiger partial charge in [0.2, 0.25) is 5.79 Å². The van der Waals surface area contributed by atoms with Crippen LogP contribution in [-0.2, 0) is 24.4 Å². The van der Waals surface area contributed by atoms with Crippen LogP contribution in [0.1, 0.15) is 44.4 Å². The average Bonchev–Trinajstić information content (AvgIpc) is 2.70. The van der Waals surface area contributed by atoms with Crippen molar-refractivity contribution in [2.24, 2.45) is 0 Å². The second-order valence-electron chi connectivity index (χ2n) is 8.94. The normalized spacial score (nSPS) is 18.4. The van der Waals surface area contributed by atoms with Gasteiger partial charge in [-0.1, -0.05) is 30.3 Å². The Morgan fingerprint density at radius 1 is 0.833 bits per heavy atom. The number of hydrogen-bond donors (Lipinski definition) is 2. The van der Waals surface area contributed by atoms with E-state index in [2.05, 4.69) is 34.9 Å². The van der Waals surface area contributed by atoms with Crippen LogP contribution in [0.25, 0.3) is 0 Å². The molecule has 6 nitrogen and oxygen atoms in total. The highest BCUT2D eigenvalue weighted by Crippen LogP contribution is 2.38. The first-order chi connectivity index (χ1) is 14.3. The lowest BCUT2D eigenvalue weighted by molar-refractivity contribution is -0.180. The van der Waals surface area contributed by atoms with Crippen LogP contribution in [0.4, 0.5) is 0 Å². The maximum absolute atomic E-state index is 6.15. The van der Waals surface area contributed by atoms with Crippen LogP contribution in [0.5, 0.6) is 17.2 Å². The lowest BCUT2D eigenvalue weighted by atomic mass is 10.1. The van der Waals surface area contributed by atoms with Crippen molar-refractivity contribution in [3.63, 3.8) is 0 Å². The van der Waals surface area contributed by atoms with Crippen LogP contribution in [0.15, 0.2) is 36.4 Å². The van der Waals surface area contributed by atoms with Crippen molar-refractivity contribution in [2.45, 2.75) is 58.8 Å². The zero-order valence-electron chi connectivity index (χ0n) is 18.3. The summed E-state index contributed by atoms with van der Waals surface area (Å²) in [7, 11) is 0. The molecule has 0 radical (unpaired) electrons. The van der Waals surface area contributed by atoms with Crippen LogP contribution < -0.4 is 24.8 Å². The molecule has 0 spiro atoms. The molecule has 2 heterocycles. The summed E-state index contributed by atoms with van der Waals surface area (Å²) in [6.07, 6.45) is 0. The third-order valence-corrected chi connectivity index (χ3v) is 5.22. The van der Waals surface area contributed by atoms with Gasteiger partial charge in [0.25, 0.3) is 0 Å². The van der Waals surface area contributed by atoms with Crippen molar-refractivity contribution in [1.82, 2.24) is 10.6 Å². The van der Waals surface area contributed by atoms with E-state index in [1.165, 1.54) is 0 Å². The standard InChI is InChI=1S/C24H32N2O4/c1-23(2)16-27-20-10-6-8-18(22(20)29-23)14-26-12-11-25-13-17-7-5-9-19-15-28-24(3,4)30-21(17)19/h5-10,25-26H,11-16H2,1-4H3. The van der Waals surface area contributed by atoms with Crippen molar-refractivity contribution >= 4 is 0 Å². The summed E-state index contributed by atoms with van der Waals surface area (Å²) in [4.78, 5) is 0. The van der Waals surface area contributed by atoms with Gasteiger partial charge in [0, 0.05) is 56.7 Å². The maximum atomic E-state index is 6.15. The van der Waals surface area contributed by atoms with Crippen molar-refractivity contribution in [1.29, 1.82) is 0 Å². The van der Waals surface area contributed by atoms with E-state index in [4.69, 9.17) is 18.9 Å². The van der Waals surface area contributed by atoms with Crippen molar-refractivity contribution < 1.29 is 18.9 Å². The molecule has 0 amide bonds. The van der Waals surface area contributed by atoms with Crippen molar-refractivity contribution in [2.75, 3.05) is 19.7 Å². The number of para-hydroxylation sites is 2. The van der Waals surface area contributed by atoms with Crippen LogP contribution in [0.2, 0.25) is 0 Å². The van der Waals surface area contributed by atoms with E-state index in [1.54, 1.807) is 0 Å². The summed E-state index contributed by atoms with van der Waals surface area (Å²) < 4.78 is 23.8. The Hall–Kier alpha value is -2.28. The van der Waals surface area contributed by atoms with Crippen LogP contribution in [0, 0.1) is 0 Å². The minimum atomic E-state index is -0.583. The Bertz CT molecular complexity index is 821. The van der Waals surface area contributed by atoms with Crippen molar-refractivity contribution in [3.05, 3.63) is 53.1 Å². The molecule has 2 aromatic rings. The topological polar surface area (TPSA) is 61.0 Å². The minimum Gasteiger partial charge on any atom is -0.486 e. The van der Waals surface area contributed by atoms with E-state index in [9.17, 15) is 0 Å². The second-order valence-corrected chi connectivity index (χ2v) is 8.94. The largest absolute Gasteiger partial charge is 0.486 e. The molecule has 6 heteroatoms. The lowest BCUT2D eigenvalue weighted by Gasteiger charge is -2.34. The first-order valence-electron chi connectivity index (χ1n) is 10.6. The number of benzene rings is 2. The fourth-order valence-electron chi connectivity index (χ4n) is 3.66. The molecule has 162 valence electrons. The zero-order chi connectivity index (χ0) is 21.2. The van der Waals surface area contributed by atoms with Gasteiger partial charge in [0.05, 0.1) is 6.61 Å². The smallest absolute Gasteiger partial charge is 0.205 e. The highest BCUT2D eigenvalue weighted by Gasteiger charge is 2.30. The number of nitrogens with one attached hydrogen (secondary N) is 2. The molecule has 2 aromatic carbocycles. The monoisotopic (exact) mass is 412 g/mol. The SMILES string of the molecule is CC1(C)COc2cccc(CNCCNCc3cccc4c3OC(C)(C)OC4)c2O1.